The van der Waals surface area contributed by atoms with E-state index in [1.165, 1.54) is 4.88 Å². The quantitative estimate of drug-likeness (QED) is 0.546. The highest BCUT2D eigenvalue weighted by Gasteiger charge is 2.26. The van der Waals surface area contributed by atoms with Gasteiger partial charge in [-0.2, -0.15) is 0 Å². The topological polar surface area (TPSA) is 78.4 Å². The molecule has 21 heavy (non-hydrogen) atoms. The molecule has 0 aromatic carbocycles. The molecule has 0 unspecified atom stereocenters. The molecule has 0 bridgehead atoms. The van der Waals surface area contributed by atoms with Crippen LogP contribution in [-0.4, -0.2) is 37.0 Å². The van der Waals surface area contributed by atoms with Crippen LogP contribution >= 0.6 is 11.3 Å². The summed E-state index contributed by atoms with van der Waals surface area (Å²) >= 11 is 1.64. The van der Waals surface area contributed by atoms with Gasteiger partial charge in [0, 0.05) is 31.2 Å². The van der Waals surface area contributed by atoms with E-state index in [-0.39, 0.29) is 5.91 Å². The molecule has 1 rings (SSSR count). The van der Waals surface area contributed by atoms with Crippen molar-refractivity contribution in [1.29, 1.82) is 0 Å². The number of amides is 1. The van der Waals surface area contributed by atoms with E-state index in [9.17, 15) is 4.79 Å². The number of hydrogen-bond donors (Lipinski definition) is 3. The Morgan fingerprint density at radius 1 is 1.43 bits per heavy atom. The maximum Gasteiger partial charge on any atom is 0.227 e. The molecular weight excluding hydrogens is 286 g/mol. The lowest BCUT2D eigenvalue weighted by Crippen LogP contribution is -2.47. The van der Waals surface area contributed by atoms with Gasteiger partial charge >= 0.3 is 0 Å². The van der Waals surface area contributed by atoms with E-state index in [4.69, 9.17) is 0 Å². The van der Waals surface area contributed by atoms with Crippen molar-refractivity contribution in [2.45, 2.75) is 34.2 Å². The van der Waals surface area contributed by atoms with Crippen molar-refractivity contribution in [1.82, 2.24) is 20.9 Å². The standard InChI is InChI=1S/C14H25N5OS/c1-6-16-13(18-8-11-17-7-10(2)21-11)19-9-14(3,4)12(20)15-5/h7H,6,8-9H2,1-5H3,(H,15,20)(H2,16,18,19). The molecule has 1 aromatic rings. The Morgan fingerprint density at radius 2 is 2.14 bits per heavy atom. The number of nitrogens with zero attached hydrogens (tertiary/aromatic N) is 2. The molecule has 0 saturated carbocycles. The van der Waals surface area contributed by atoms with Gasteiger partial charge in [-0.3, -0.25) is 4.79 Å². The SMILES string of the molecule is CCNC(=NCc1ncc(C)s1)NCC(C)(C)C(=O)NC. The van der Waals surface area contributed by atoms with Gasteiger partial charge in [-0.15, -0.1) is 11.3 Å². The monoisotopic (exact) mass is 311 g/mol. The zero-order chi connectivity index (χ0) is 15.9. The van der Waals surface area contributed by atoms with Crippen LogP contribution < -0.4 is 16.0 Å². The predicted octanol–water partition coefficient (Wildman–Crippen LogP) is 1.28. The minimum absolute atomic E-state index is 0.00129. The fraction of sp³-hybridized carbons (Fsp3) is 0.643. The highest BCUT2D eigenvalue weighted by atomic mass is 32.1. The lowest BCUT2D eigenvalue weighted by atomic mass is 9.92. The molecule has 0 saturated heterocycles. The van der Waals surface area contributed by atoms with E-state index in [0.29, 0.717) is 19.0 Å². The van der Waals surface area contributed by atoms with Crippen LogP contribution in [0.1, 0.15) is 30.7 Å². The number of aliphatic imine (C=N–C) groups is 1. The number of thiazole rings is 1. The van der Waals surface area contributed by atoms with Gasteiger partial charge in [0.05, 0.1) is 12.0 Å². The Bertz CT molecular complexity index is 495. The van der Waals surface area contributed by atoms with Crippen LogP contribution in [0.15, 0.2) is 11.2 Å². The Labute approximate surface area is 130 Å². The van der Waals surface area contributed by atoms with Crippen molar-refractivity contribution in [2.24, 2.45) is 10.4 Å². The first-order chi connectivity index (χ1) is 9.89. The number of aryl methyl sites for hydroxylation is 1. The van der Waals surface area contributed by atoms with Gasteiger partial charge in [0.2, 0.25) is 5.91 Å². The average Bonchev–Trinajstić information content (AvgIpc) is 2.86. The second-order valence-corrected chi connectivity index (χ2v) is 6.70. The maximum absolute atomic E-state index is 11.8. The van der Waals surface area contributed by atoms with E-state index < -0.39 is 5.41 Å². The van der Waals surface area contributed by atoms with E-state index in [1.54, 1.807) is 18.4 Å². The first-order valence-corrected chi connectivity index (χ1v) is 7.86. The Morgan fingerprint density at radius 3 is 2.67 bits per heavy atom. The van der Waals surface area contributed by atoms with Crippen molar-refractivity contribution < 1.29 is 4.79 Å². The molecule has 0 aliphatic rings. The smallest absolute Gasteiger partial charge is 0.227 e. The molecular formula is C14H25N5OS. The fourth-order valence-electron chi connectivity index (χ4n) is 1.69. The number of rotatable bonds is 6. The zero-order valence-corrected chi connectivity index (χ0v) is 14.2. The minimum Gasteiger partial charge on any atom is -0.359 e. The average molecular weight is 311 g/mol. The molecule has 1 amide bonds. The largest absolute Gasteiger partial charge is 0.359 e. The summed E-state index contributed by atoms with van der Waals surface area (Å²) in [6, 6.07) is 0. The van der Waals surface area contributed by atoms with Crippen molar-refractivity contribution in [2.75, 3.05) is 20.1 Å². The van der Waals surface area contributed by atoms with Crippen LogP contribution in [0.3, 0.4) is 0 Å². The van der Waals surface area contributed by atoms with Gasteiger partial charge in [0.25, 0.3) is 0 Å². The molecule has 118 valence electrons. The highest BCUT2D eigenvalue weighted by Crippen LogP contribution is 2.13. The molecule has 1 aromatic heterocycles. The molecule has 6 nitrogen and oxygen atoms in total. The molecule has 1 heterocycles. The molecule has 7 heteroatoms. The Balaban J connectivity index is 2.62. The lowest BCUT2D eigenvalue weighted by molar-refractivity contribution is -0.128. The highest BCUT2D eigenvalue weighted by molar-refractivity contribution is 7.11. The summed E-state index contributed by atoms with van der Waals surface area (Å²) in [6.45, 7) is 9.64. The third-order valence-electron chi connectivity index (χ3n) is 2.93. The first kappa shape index (κ1) is 17.4. The maximum atomic E-state index is 11.8. The van der Waals surface area contributed by atoms with E-state index in [2.05, 4.69) is 25.9 Å². The number of hydrogen-bond acceptors (Lipinski definition) is 4. The summed E-state index contributed by atoms with van der Waals surface area (Å²) in [7, 11) is 1.65. The van der Waals surface area contributed by atoms with E-state index >= 15 is 0 Å². The molecule has 0 radical (unpaired) electrons. The molecule has 0 aliphatic heterocycles. The van der Waals surface area contributed by atoms with Gasteiger partial charge < -0.3 is 16.0 Å². The van der Waals surface area contributed by atoms with Crippen molar-refractivity contribution in [3.05, 3.63) is 16.1 Å². The Hall–Kier alpha value is -1.63. The normalized spacial score (nSPS) is 12.1. The summed E-state index contributed by atoms with van der Waals surface area (Å²) in [5.41, 5.74) is -0.497. The summed E-state index contributed by atoms with van der Waals surface area (Å²) in [4.78, 5) is 21.7. The third kappa shape index (κ3) is 5.71. The van der Waals surface area contributed by atoms with Gasteiger partial charge in [0.1, 0.15) is 5.01 Å². The lowest BCUT2D eigenvalue weighted by Gasteiger charge is -2.24. The van der Waals surface area contributed by atoms with Crippen LogP contribution in [0.5, 0.6) is 0 Å². The Kier molecular flexibility index (Phi) is 6.61. The summed E-state index contributed by atoms with van der Waals surface area (Å²) in [5.74, 6) is 0.698. The second-order valence-electron chi connectivity index (χ2n) is 5.38. The van der Waals surface area contributed by atoms with E-state index in [1.807, 2.05) is 33.9 Å². The van der Waals surface area contributed by atoms with Gasteiger partial charge in [-0.25, -0.2) is 9.98 Å². The zero-order valence-electron chi connectivity index (χ0n) is 13.4. The van der Waals surface area contributed by atoms with Crippen molar-refractivity contribution in [3.8, 4) is 0 Å². The van der Waals surface area contributed by atoms with Crippen LogP contribution in [0.25, 0.3) is 0 Å². The van der Waals surface area contributed by atoms with Crippen LogP contribution in [0, 0.1) is 12.3 Å². The van der Waals surface area contributed by atoms with Crippen LogP contribution in [-0.2, 0) is 11.3 Å². The van der Waals surface area contributed by atoms with E-state index in [0.717, 1.165) is 11.6 Å². The van der Waals surface area contributed by atoms with Gasteiger partial charge in [-0.05, 0) is 27.7 Å². The fourth-order valence-corrected chi connectivity index (χ4v) is 2.40. The van der Waals surface area contributed by atoms with Crippen LogP contribution in [0.4, 0.5) is 0 Å². The molecule has 0 spiro atoms. The number of guanidine groups is 1. The van der Waals surface area contributed by atoms with Crippen LogP contribution in [0.2, 0.25) is 0 Å². The summed E-state index contributed by atoms with van der Waals surface area (Å²) in [6.07, 6.45) is 1.85. The van der Waals surface area contributed by atoms with Gasteiger partial charge in [-0.1, -0.05) is 0 Å². The van der Waals surface area contributed by atoms with Crippen molar-refractivity contribution in [3.63, 3.8) is 0 Å². The summed E-state index contributed by atoms with van der Waals surface area (Å²) in [5, 5.41) is 10.0. The number of carbonyl (C=O) groups is 1. The molecule has 3 N–H and O–H groups in total. The minimum atomic E-state index is -0.497. The molecule has 0 atom stereocenters. The molecule has 0 aliphatic carbocycles. The first-order valence-electron chi connectivity index (χ1n) is 7.04. The second kappa shape index (κ2) is 7.97. The number of aromatic nitrogens is 1. The van der Waals surface area contributed by atoms with Gasteiger partial charge in [0.15, 0.2) is 5.96 Å². The number of nitrogens with one attached hydrogen (secondary N) is 3. The molecule has 0 fully saturated rings. The summed E-state index contributed by atoms with van der Waals surface area (Å²) < 4.78 is 0. The number of carbonyl (C=O) groups excluding carboxylic acids is 1. The third-order valence-corrected chi connectivity index (χ3v) is 3.82. The van der Waals surface area contributed by atoms with Crippen molar-refractivity contribution >= 4 is 23.2 Å². The predicted molar refractivity (Wildman–Crippen MR) is 87.5 cm³/mol.